The zero-order chi connectivity index (χ0) is 25.7. The van der Waals surface area contributed by atoms with Crippen molar-refractivity contribution in [2.45, 2.75) is 18.9 Å². The molecule has 11 heteroatoms. The largest absolute Gasteiger partial charge is 0.378 e. The van der Waals surface area contributed by atoms with E-state index in [0.717, 1.165) is 12.8 Å². The maximum atomic E-state index is 12.7. The average Bonchev–Trinajstić information content (AvgIpc) is 2.92. The van der Waals surface area contributed by atoms with Crippen LogP contribution in [0.2, 0.25) is 0 Å². The van der Waals surface area contributed by atoms with Gasteiger partial charge in [0.15, 0.2) is 11.5 Å². The molecule has 3 heterocycles. The molecule has 1 aromatic carbocycles. The Morgan fingerprint density at radius 2 is 1.89 bits per heavy atom. The first-order valence-corrected chi connectivity index (χ1v) is 11.9. The number of nitrogens with zero attached hydrogens (tertiary/aromatic N) is 5. The van der Waals surface area contributed by atoms with Gasteiger partial charge in [0.2, 0.25) is 5.91 Å². The van der Waals surface area contributed by atoms with Gasteiger partial charge in [-0.15, -0.1) is 0 Å². The van der Waals surface area contributed by atoms with Crippen LogP contribution in [0.3, 0.4) is 0 Å². The van der Waals surface area contributed by atoms with Crippen molar-refractivity contribution < 1.29 is 19.1 Å². The normalized spacial score (nSPS) is 17.9. The van der Waals surface area contributed by atoms with Crippen molar-refractivity contribution >= 4 is 35.0 Å². The van der Waals surface area contributed by atoms with Gasteiger partial charge in [0.25, 0.3) is 11.8 Å². The molecule has 3 amide bonds. The lowest BCUT2D eigenvalue weighted by atomic mass is 10.0. The first kappa shape index (κ1) is 25.1. The molecule has 2 saturated heterocycles. The van der Waals surface area contributed by atoms with Crippen LogP contribution < -0.4 is 16.0 Å². The number of piperidine rings is 1. The Labute approximate surface area is 209 Å². The lowest BCUT2D eigenvalue weighted by molar-refractivity contribution is -0.127. The molecule has 1 atom stereocenters. The predicted octanol–water partition coefficient (Wildman–Crippen LogP) is 1.40. The van der Waals surface area contributed by atoms with E-state index in [-0.39, 0.29) is 29.4 Å². The first-order chi connectivity index (χ1) is 17.4. The van der Waals surface area contributed by atoms with E-state index in [1.807, 2.05) is 11.9 Å². The van der Waals surface area contributed by atoms with Crippen LogP contribution >= 0.6 is 0 Å². The molecule has 2 fully saturated rings. The number of hydrogen-bond acceptors (Lipinski definition) is 8. The summed E-state index contributed by atoms with van der Waals surface area (Å²) in [6.07, 6.45) is 4.58. The number of rotatable bonds is 7. The van der Waals surface area contributed by atoms with Gasteiger partial charge in [-0.05, 0) is 43.2 Å². The summed E-state index contributed by atoms with van der Waals surface area (Å²) < 4.78 is 5.31. The second-order valence-corrected chi connectivity index (χ2v) is 8.79. The van der Waals surface area contributed by atoms with Gasteiger partial charge in [0.05, 0.1) is 19.4 Å². The van der Waals surface area contributed by atoms with Gasteiger partial charge in [0, 0.05) is 50.5 Å². The minimum absolute atomic E-state index is 0.00715. The molecular formula is C25H31N7O4. The molecule has 36 heavy (non-hydrogen) atoms. The fourth-order valence-corrected chi connectivity index (χ4v) is 4.39. The van der Waals surface area contributed by atoms with Crippen LogP contribution in [-0.4, -0.2) is 90.0 Å². The number of primary amides is 1. The molecule has 2 aromatic rings. The second-order valence-electron chi connectivity index (χ2n) is 8.79. The van der Waals surface area contributed by atoms with E-state index in [1.165, 1.54) is 12.3 Å². The third-order valence-corrected chi connectivity index (χ3v) is 6.48. The van der Waals surface area contributed by atoms with Gasteiger partial charge in [-0.25, -0.2) is 9.97 Å². The molecule has 0 saturated carbocycles. The van der Waals surface area contributed by atoms with Crippen LogP contribution in [-0.2, 0) is 9.53 Å². The molecule has 11 nitrogen and oxygen atoms in total. The fraction of sp³-hybridized carbons (Fsp3) is 0.400. The summed E-state index contributed by atoms with van der Waals surface area (Å²) in [5.41, 5.74) is 6.74. The molecule has 2 aliphatic heterocycles. The highest BCUT2D eigenvalue weighted by molar-refractivity contribution is 5.97. The van der Waals surface area contributed by atoms with Crippen molar-refractivity contribution in [3.63, 3.8) is 0 Å². The summed E-state index contributed by atoms with van der Waals surface area (Å²) in [4.78, 5) is 51.2. The monoisotopic (exact) mass is 493 g/mol. The molecule has 0 bridgehead atoms. The van der Waals surface area contributed by atoms with Gasteiger partial charge >= 0.3 is 0 Å². The highest BCUT2D eigenvalue weighted by Gasteiger charge is 2.27. The summed E-state index contributed by atoms with van der Waals surface area (Å²) in [5.74, 6) is -0.101. The molecule has 1 unspecified atom stereocenters. The molecule has 1 aromatic heterocycles. The maximum absolute atomic E-state index is 12.7. The standard InChI is InChI=1S/C25H31N7O4/c1-3-21(33)32-10-4-5-19(16-32)30(2)20-15-27-22(23(26)34)24(29-20)28-18-8-6-17(7-9-18)25(35)31-11-13-36-14-12-31/h3,6-9,15,19H,1,4-5,10-14,16H2,2H3,(H2,26,34)(H,28,29). The van der Waals surface area contributed by atoms with E-state index >= 15 is 0 Å². The van der Waals surface area contributed by atoms with Crippen LogP contribution in [0.4, 0.5) is 17.3 Å². The second kappa shape index (κ2) is 11.2. The lowest BCUT2D eigenvalue weighted by Crippen LogP contribution is -2.48. The summed E-state index contributed by atoms with van der Waals surface area (Å²) in [5, 5.41) is 3.11. The number of aromatic nitrogens is 2. The van der Waals surface area contributed by atoms with E-state index in [0.29, 0.717) is 56.5 Å². The van der Waals surface area contributed by atoms with Crippen LogP contribution in [0.1, 0.15) is 33.7 Å². The SMILES string of the molecule is C=CC(=O)N1CCCC(N(C)c2cnc(C(N)=O)c(Nc3ccc(C(=O)N4CCOCC4)cc3)n2)C1. The molecule has 0 spiro atoms. The summed E-state index contributed by atoms with van der Waals surface area (Å²) >= 11 is 0. The average molecular weight is 494 g/mol. The number of ether oxygens (including phenoxy) is 1. The summed E-state index contributed by atoms with van der Waals surface area (Å²) in [6.45, 7) is 7.02. The van der Waals surface area contributed by atoms with Crippen LogP contribution in [0.5, 0.6) is 0 Å². The number of hydrogen-bond donors (Lipinski definition) is 2. The number of likely N-dealkylation sites (N-methyl/N-ethyl adjacent to an activating group) is 1. The maximum Gasteiger partial charge on any atom is 0.271 e. The number of nitrogens with two attached hydrogens (primary N) is 1. The third kappa shape index (κ3) is 5.62. The van der Waals surface area contributed by atoms with Gasteiger partial charge in [-0.3, -0.25) is 14.4 Å². The van der Waals surface area contributed by atoms with Gasteiger partial charge in [-0.2, -0.15) is 0 Å². The molecular weight excluding hydrogens is 462 g/mol. The van der Waals surface area contributed by atoms with Crippen LogP contribution in [0, 0.1) is 0 Å². The van der Waals surface area contributed by atoms with Crippen molar-refractivity contribution in [3.05, 3.63) is 54.4 Å². The van der Waals surface area contributed by atoms with Crippen molar-refractivity contribution in [1.82, 2.24) is 19.8 Å². The number of amides is 3. The number of anilines is 3. The molecule has 0 radical (unpaired) electrons. The lowest BCUT2D eigenvalue weighted by Gasteiger charge is -2.37. The molecule has 2 aliphatic rings. The van der Waals surface area contributed by atoms with Crippen molar-refractivity contribution in [1.29, 1.82) is 0 Å². The molecule has 3 N–H and O–H groups in total. The number of benzene rings is 1. The van der Waals surface area contributed by atoms with Gasteiger partial charge in [0.1, 0.15) is 5.82 Å². The quantitative estimate of drug-likeness (QED) is 0.553. The van der Waals surface area contributed by atoms with Crippen molar-refractivity contribution in [3.8, 4) is 0 Å². The number of nitrogens with one attached hydrogen (secondary N) is 1. The van der Waals surface area contributed by atoms with Gasteiger partial charge in [-0.1, -0.05) is 6.58 Å². The highest BCUT2D eigenvalue weighted by Crippen LogP contribution is 2.24. The molecule has 0 aliphatic carbocycles. The predicted molar refractivity (Wildman–Crippen MR) is 135 cm³/mol. The number of morpholine rings is 1. The van der Waals surface area contributed by atoms with Crippen molar-refractivity contribution in [2.24, 2.45) is 5.73 Å². The Hall–Kier alpha value is -3.99. The first-order valence-electron chi connectivity index (χ1n) is 11.9. The fourth-order valence-electron chi connectivity index (χ4n) is 4.39. The molecule has 4 rings (SSSR count). The summed E-state index contributed by atoms with van der Waals surface area (Å²) in [7, 11) is 1.89. The molecule has 190 valence electrons. The Morgan fingerprint density at radius 3 is 2.56 bits per heavy atom. The smallest absolute Gasteiger partial charge is 0.271 e. The topological polar surface area (TPSA) is 134 Å². The van der Waals surface area contributed by atoms with Crippen molar-refractivity contribution in [2.75, 3.05) is 56.7 Å². The van der Waals surface area contributed by atoms with Gasteiger partial charge < -0.3 is 30.5 Å². The van der Waals surface area contributed by atoms with E-state index in [4.69, 9.17) is 10.5 Å². The third-order valence-electron chi connectivity index (χ3n) is 6.48. The zero-order valence-corrected chi connectivity index (χ0v) is 20.4. The Bertz CT molecular complexity index is 1130. The van der Waals surface area contributed by atoms with E-state index < -0.39 is 5.91 Å². The van der Waals surface area contributed by atoms with Crippen LogP contribution in [0.25, 0.3) is 0 Å². The highest BCUT2D eigenvalue weighted by atomic mass is 16.5. The van der Waals surface area contributed by atoms with E-state index in [9.17, 15) is 14.4 Å². The minimum Gasteiger partial charge on any atom is -0.378 e. The van der Waals surface area contributed by atoms with E-state index in [2.05, 4.69) is 21.9 Å². The zero-order valence-electron chi connectivity index (χ0n) is 20.4. The number of likely N-dealkylation sites (tertiary alicyclic amines) is 1. The minimum atomic E-state index is -0.710. The van der Waals surface area contributed by atoms with E-state index in [1.54, 1.807) is 34.1 Å². The number of carbonyl (C=O) groups excluding carboxylic acids is 3. The Kier molecular flexibility index (Phi) is 7.79. The summed E-state index contributed by atoms with van der Waals surface area (Å²) in [6, 6.07) is 6.98. The van der Waals surface area contributed by atoms with Crippen LogP contribution in [0.15, 0.2) is 43.1 Å². The Morgan fingerprint density at radius 1 is 1.17 bits per heavy atom. The number of carbonyl (C=O) groups is 3. The Balaban J connectivity index is 1.51.